The Morgan fingerprint density at radius 3 is 2.50 bits per heavy atom. The third-order valence-corrected chi connectivity index (χ3v) is 4.71. The van der Waals surface area contributed by atoms with Crippen LogP contribution < -0.4 is 5.32 Å². The molecule has 0 aliphatic rings. The number of alkyl halides is 3. The Bertz CT molecular complexity index is 815. The molecule has 0 radical (unpaired) electrons. The molecule has 0 saturated heterocycles. The Morgan fingerprint density at radius 2 is 1.91 bits per heavy atom. The molecule has 1 aromatic heterocycles. The van der Waals surface area contributed by atoms with E-state index in [2.05, 4.69) is 10.3 Å². The molecule has 2 rings (SSSR count). The highest BCUT2D eigenvalue weighted by molar-refractivity contribution is 7.92. The molecular weight excluding hydrogens is 345 g/mol. The SMILES string of the molecule is O=C(Nc1nc(S(=O)(=O)C(F)(F)F)cs1)c1ccccc1O. The van der Waals surface area contributed by atoms with E-state index in [9.17, 15) is 31.5 Å². The summed E-state index contributed by atoms with van der Waals surface area (Å²) < 4.78 is 59.4. The lowest BCUT2D eigenvalue weighted by atomic mass is 10.2. The second kappa shape index (κ2) is 5.57. The van der Waals surface area contributed by atoms with Crippen LogP contribution in [0.2, 0.25) is 0 Å². The van der Waals surface area contributed by atoms with Crippen molar-refractivity contribution >= 4 is 32.2 Å². The molecule has 11 heteroatoms. The van der Waals surface area contributed by atoms with E-state index in [1.165, 1.54) is 24.3 Å². The van der Waals surface area contributed by atoms with E-state index in [1.807, 2.05) is 0 Å². The smallest absolute Gasteiger partial charge is 0.503 e. The number of aromatic hydroxyl groups is 1. The van der Waals surface area contributed by atoms with Crippen molar-refractivity contribution in [3.8, 4) is 5.75 Å². The molecule has 118 valence electrons. The van der Waals surface area contributed by atoms with Gasteiger partial charge in [0.15, 0.2) is 10.2 Å². The molecule has 0 unspecified atom stereocenters. The molecule has 0 aliphatic heterocycles. The summed E-state index contributed by atoms with van der Waals surface area (Å²) in [6.45, 7) is 0. The minimum atomic E-state index is -5.57. The van der Waals surface area contributed by atoms with Gasteiger partial charge in [-0.2, -0.15) is 13.2 Å². The molecule has 1 aromatic carbocycles. The lowest BCUT2D eigenvalue weighted by molar-refractivity contribution is -0.0437. The van der Waals surface area contributed by atoms with Gasteiger partial charge in [-0.05, 0) is 12.1 Å². The lowest BCUT2D eigenvalue weighted by Gasteiger charge is -2.05. The second-order valence-corrected chi connectivity index (χ2v) is 6.66. The molecule has 0 spiro atoms. The molecule has 0 atom stereocenters. The van der Waals surface area contributed by atoms with Crippen LogP contribution in [0.25, 0.3) is 0 Å². The van der Waals surface area contributed by atoms with Gasteiger partial charge in [0.2, 0.25) is 0 Å². The minimum Gasteiger partial charge on any atom is -0.507 e. The monoisotopic (exact) mass is 352 g/mol. The number of hydrogen-bond donors (Lipinski definition) is 2. The number of phenols is 1. The number of para-hydroxylation sites is 1. The average molecular weight is 352 g/mol. The van der Waals surface area contributed by atoms with Crippen LogP contribution >= 0.6 is 11.3 Å². The first kappa shape index (κ1) is 16.2. The van der Waals surface area contributed by atoms with Crippen molar-refractivity contribution in [3.05, 3.63) is 35.2 Å². The number of anilines is 1. The number of carbonyl (C=O) groups is 1. The number of carbonyl (C=O) groups excluding carboxylic acids is 1. The van der Waals surface area contributed by atoms with Crippen molar-refractivity contribution in [3.63, 3.8) is 0 Å². The molecule has 0 saturated carbocycles. The molecule has 0 bridgehead atoms. The highest BCUT2D eigenvalue weighted by Gasteiger charge is 2.48. The van der Waals surface area contributed by atoms with Gasteiger partial charge in [-0.1, -0.05) is 12.1 Å². The van der Waals surface area contributed by atoms with E-state index < -0.39 is 26.3 Å². The van der Waals surface area contributed by atoms with Crippen molar-refractivity contribution in [2.24, 2.45) is 0 Å². The number of hydrogen-bond acceptors (Lipinski definition) is 6. The topological polar surface area (TPSA) is 96.4 Å². The van der Waals surface area contributed by atoms with Crippen LogP contribution in [0.4, 0.5) is 18.3 Å². The average Bonchev–Trinajstić information content (AvgIpc) is 2.87. The molecule has 0 aliphatic carbocycles. The predicted molar refractivity (Wildman–Crippen MR) is 71.4 cm³/mol. The van der Waals surface area contributed by atoms with Crippen molar-refractivity contribution in [2.75, 3.05) is 5.32 Å². The van der Waals surface area contributed by atoms with Gasteiger partial charge < -0.3 is 5.11 Å². The molecule has 1 heterocycles. The predicted octanol–water partition coefficient (Wildman–Crippen LogP) is 2.39. The molecule has 22 heavy (non-hydrogen) atoms. The Morgan fingerprint density at radius 1 is 1.27 bits per heavy atom. The first-order valence-corrected chi connectivity index (χ1v) is 7.85. The largest absolute Gasteiger partial charge is 0.507 e. The number of nitrogens with one attached hydrogen (secondary N) is 1. The number of rotatable bonds is 3. The highest BCUT2D eigenvalue weighted by atomic mass is 32.2. The Hall–Kier alpha value is -2.14. The lowest BCUT2D eigenvalue weighted by Crippen LogP contribution is -2.23. The van der Waals surface area contributed by atoms with Gasteiger partial charge in [-0.25, -0.2) is 13.4 Å². The molecule has 2 aromatic rings. The number of sulfone groups is 1. The van der Waals surface area contributed by atoms with Gasteiger partial charge in [0.25, 0.3) is 15.7 Å². The first-order chi connectivity index (χ1) is 10.1. The fraction of sp³-hybridized carbons (Fsp3) is 0.0909. The molecular formula is C11H7F3N2O4S2. The summed E-state index contributed by atoms with van der Waals surface area (Å²) in [6.07, 6.45) is 0. The Kier molecular flexibility index (Phi) is 4.11. The van der Waals surface area contributed by atoms with Gasteiger partial charge >= 0.3 is 5.51 Å². The van der Waals surface area contributed by atoms with Crippen LogP contribution in [0.1, 0.15) is 10.4 Å². The number of phenolic OH excluding ortho intramolecular Hbond substituents is 1. The van der Waals surface area contributed by atoms with Crippen molar-refractivity contribution < 1.29 is 31.5 Å². The molecule has 6 nitrogen and oxygen atoms in total. The molecule has 1 amide bonds. The quantitative estimate of drug-likeness (QED) is 0.884. The van der Waals surface area contributed by atoms with Gasteiger partial charge in [0.1, 0.15) is 5.75 Å². The van der Waals surface area contributed by atoms with Crippen LogP contribution in [0.5, 0.6) is 5.75 Å². The standard InChI is InChI=1S/C11H7F3N2O4S2/c12-11(13,14)22(19,20)8-5-21-10(15-8)16-9(18)6-3-1-2-4-7(6)17/h1-5,17H,(H,15,16,18). The zero-order valence-corrected chi connectivity index (χ0v) is 12.1. The number of halogens is 3. The number of aromatic nitrogens is 1. The summed E-state index contributed by atoms with van der Waals surface area (Å²) in [4.78, 5) is 15.1. The Labute approximate surface area is 126 Å². The van der Waals surface area contributed by atoms with E-state index >= 15 is 0 Å². The van der Waals surface area contributed by atoms with E-state index in [1.54, 1.807) is 0 Å². The van der Waals surface area contributed by atoms with Crippen molar-refractivity contribution in [1.82, 2.24) is 4.98 Å². The van der Waals surface area contributed by atoms with Crippen molar-refractivity contribution in [2.45, 2.75) is 10.5 Å². The highest BCUT2D eigenvalue weighted by Crippen LogP contribution is 2.32. The van der Waals surface area contributed by atoms with E-state index in [-0.39, 0.29) is 16.4 Å². The first-order valence-electron chi connectivity index (χ1n) is 5.49. The zero-order valence-electron chi connectivity index (χ0n) is 10.5. The number of amides is 1. The second-order valence-electron chi connectivity index (χ2n) is 3.91. The Balaban J connectivity index is 2.24. The fourth-order valence-electron chi connectivity index (χ4n) is 1.39. The summed E-state index contributed by atoms with van der Waals surface area (Å²) in [5.41, 5.74) is -5.60. The summed E-state index contributed by atoms with van der Waals surface area (Å²) in [5, 5.41) is 10.7. The van der Waals surface area contributed by atoms with Crippen LogP contribution in [-0.2, 0) is 9.84 Å². The van der Waals surface area contributed by atoms with Crippen LogP contribution in [0.3, 0.4) is 0 Å². The van der Waals surface area contributed by atoms with Gasteiger partial charge in [0.05, 0.1) is 5.56 Å². The molecule has 0 fully saturated rings. The normalized spacial score (nSPS) is 12.1. The van der Waals surface area contributed by atoms with E-state index in [0.717, 1.165) is 0 Å². The van der Waals surface area contributed by atoms with Crippen molar-refractivity contribution in [1.29, 1.82) is 0 Å². The third-order valence-electron chi connectivity index (χ3n) is 2.43. The van der Waals surface area contributed by atoms with Crippen LogP contribution in [0.15, 0.2) is 34.7 Å². The van der Waals surface area contributed by atoms with Crippen LogP contribution in [-0.4, -0.2) is 29.9 Å². The van der Waals surface area contributed by atoms with Crippen LogP contribution in [0, 0.1) is 0 Å². The van der Waals surface area contributed by atoms with E-state index in [4.69, 9.17) is 0 Å². The minimum absolute atomic E-state index is 0.127. The third kappa shape index (κ3) is 3.04. The number of benzene rings is 1. The number of nitrogens with zero attached hydrogens (tertiary/aromatic N) is 1. The maximum atomic E-state index is 12.4. The van der Waals surface area contributed by atoms with Gasteiger partial charge in [-0.15, -0.1) is 11.3 Å². The van der Waals surface area contributed by atoms with E-state index in [0.29, 0.717) is 16.7 Å². The summed E-state index contributed by atoms with van der Waals surface area (Å²) in [7, 11) is -5.57. The molecule has 2 N–H and O–H groups in total. The van der Waals surface area contributed by atoms with Gasteiger partial charge in [0, 0.05) is 5.38 Å². The fourth-order valence-corrected chi connectivity index (χ4v) is 3.11. The maximum absolute atomic E-state index is 12.4. The summed E-state index contributed by atoms with van der Waals surface area (Å²) in [6, 6.07) is 5.47. The summed E-state index contributed by atoms with van der Waals surface area (Å²) >= 11 is 0.518. The van der Waals surface area contributed by atoms with Gasteiger partial charge in [-0.3, -0.25) is 10.1 Å². The number of thiazole rings is 1. The maximum Gasteiger partial charge on any atom is 0.503 e. The zero-order chi connectivity index (χ0) is 16.5. The summed E-state index contributed by atoms with van der Waals surface area (Å²) in [5.74, 6) is -1.16.